The van der Waals surface area contributed by atoms with Gasteiger partial charge in [0, 0.05) is 13.0 Å². The van der Waals surface area contributed by atoms with Crippen molar-refractivity contribution in [2.45, 2.75) is 50.4 Å². The van der Waals surface area contributed by atoms with E-state index in [0.29, 0.717) is 13.0 Å². The second-order valence-corrected chi connectivity index (χ2v) is 7.19. The molecule has 1 saturated heterocycles. The predicted molar refractivity (Wildman–Crippen MR) is 69.7 cm³/mol. The molecule has 0 bridgehead atoms. The highest BCUT2D eigenvalue weighted by atomic mass is 31.2. The Hall–Kier alpha value is -0.950. The molecule has 1 aliphatic heterocycles. The summed E-state index contributed by atoms with van der Waals surface area (Å²) in [5, 5.41) is 19.7. The smallest absolute Gasteiger partial charge is 0.321 e. The molecule has 0 radical (unpaired) electrons. The van der Waals surface area contributed by atoms with Gasteiger partial charge in [-0.15, -0.1) is 0 Å². The maximum absolute atomic E-state index is 12.2. The second-order valence-electron chi connectivity index (χ2n) is 4.87. The van der Waals surface area contributed by atoms with Gasteiger partial charge in [0.15, 0.2) is 0 Å². The van der Waals surface area contributed by atoms with Crippen molar-refractivity contribution in [3.05, 3.63) is 0 Å². The molecule has 8 nitrogen and oxygen atoms in total. The topological polar surface area (TPSA) is 133 Å². The Kier molecular flexibility index (Phi) is 6.13. The average Bonchev–Trinajstić information content (AvgIpc) is 2.86. The van der Waals surface area contributed by atoms with Crippen LogP contribution in [0.1, 0.15) is 32.6 Å². The summed E-state index contributed by atoms with van der Waals surface area (Å²) in [4.78, 5) is 31.5. The molecule has 116 valence electrons. The molecule has 4 atom stereocenters. The van der Waals surface area contributed by atoms with Crippen molar-refractivity contribution >= 4 is 19.5 Å². The van der Waals surface area contributed by atoms with E-state index in [1.54, 1.807) is 0 Å². The van der Waals surface area contributed by atoms with Crippen molar-refractivity contribution in [1.82, 2.24) is 5.09 Å². The maximum Gasteiger partial charge on any atom is 0.321 e. The molecule has 0 aromatic rings. The van der Waals surface area contributed by atoms with Crippen LogP contribution in [0, 0.1) is 0 Å². The summed E-state index contributed by atoms with van der Waals surface area (Å²) >= 11 is 0. The minimum Gasteiger partial charge on any atom is -0.481 e. The lowest BCUT2D eigenvalue weighted by Gasteiger charge is -2.27. The van der Waals surface area contributed by atoms with E-state index in [9.17, 15) is 19.0 Å². The molecule has 0 aromatic heterocycles. The Bertz CT molecular complexity index is 408. The lowest BCUT2D eigenvalue weighted by atomic mass is 10.2. The fourth-order valence-corrected chi connectivity index (χ4v) is 3.67. The van der Waals surface area contributed by atoms with Crippen LogP contribution in [0.2, 0.25) is 0 Å². The molecule has 4 unspecified atom stereocenters. The molecule has 0 spiro atoms. The van der Waals surface area contributed by atoms with Crippen molar-refractivity contribution in [3.8, 4) is 0 Å². The van der Waals surface area contributed by atoms with Crippen LogP contribution in [0.3, 0.4) is 0 Å². The number of ether oxygens (including phenoxy) is 1. The van der Waals surface area contributed by atoms with Gasteiger partial charge in [-0.05, 0) is 26.2 Å². The Morgan fingerprint density at radius 2 is 2.10 bits per heavy atom. The molecule has 0 aliphatic carbocycles. The van der Waals surface area contributed by atoms with Crippen LogP contribution < -0.4 is 5.09 Å². The lowest BCUT2D eigenvalue weighted by Crippen LogP contribution is -2.39. The SMILES string of the molecule is CC(C1CCCO1)P(=O)(O)NC(CCC(=O)O)C(=O)O. The summed E-state index contributed by atoms with van der Waals surface area (Å²) in [6.07, 6.45) is 0.426. The third kappa shape index (κ3) is 4.86. The quantitative estimate of drug-likeness (QED) is 0.480. The Morgan fingerprint density at radius 1 is 1.45 bits per heavy atom. The zero-order chi connectivity index (χ0) is 15.3. The summed E-state index contributed by atoms with van der Waals surface area (Å²) in [6, 6.07) is -1.37. The van der Waals surface area contributed by atoms with Crippen molar-refractivity contribution in [3.63, 3.8) is 0 Å². The Balaban J connectivity index is 2.66. The standard InChI is InChI=1S/C11H20NO7P/c1-7(9-3-2-6-19-9)20(17,18)12-8(11(15)16)4-5-10(13)14/h7-9H,2-6H2,1H3,(H,13,14)(H,15,16)(H2,12,17,18). The van der Waals surface area contributed by atoms with Crippen molar-refractivity contribution in [2.24, 2.45) is 0 Å². The van der Waals surface area contributed by atoms with E-state index in [-0.39, 0.29) is 12.5 Å². The summed E-state index contributed by atoms with van der Waals surface area (Å²) in [5.41, 5.74) is -0.739. The van der Waals surface area contributed by atoms with Crippen LogP contribution in [-0.4, -0.2) is 51.5 Å². The number of carboxylic acid groups (broad SMARTS) is 2. The molecule has 1 fully saturated rings. The largest absolute Gasteiger partial charge is 0.481 e. The average molecular weight is 309 g/mol. The maximum atomic E-state index is 12.2. The van der Waals surface area contributed by atoms with Crippen LogP contribution >= 0.6 is 7.52 Å². The molecule has 0 saturated carbocycles. The lowest BCUT2D eigenvalue weighted by molar-refractivity contribution is -0.140. The molecule has 0 aromatic carbocycles. The highest BCUT2D eigenvalue weighted by Gasteiger charge is 2.39. The first-order chi connectivity index (χ1) is 9.24. The minimum atomic E-state index is -3.95. The van der Waals surface area contributed by atoms with E-state index in [4.69, 9.17) is 14.9 Å². The van der Waals surface area contributed by atoms with Crippen LogP contribution in [0.4, 0.5) is 0 Å². The van der Waals surface area contributed by atoms with Gasteiger partial charge in [0.25, 0.3) is 7.52 Å². The summed E-state index contributed by atoms with van der Waals surface area (Å²) in [6.45, 7) is 2.05. The van der Waals surface area contributed by atoms with Gasteiger partial charge in [-0.3, -0.25) is 14.2 Å². The minimum absolute atomic E-state index is 0.256. The Labute approximate surface area is 116 Å². The predicted octanol–water partition coefficient (Wildman–Crippen LogP) is 0.647. The van der Waals surface area contributed by atoms with E-state index >= 15 is 0 Å². The first-order valence-corrected chi connectivity index (χ1v) is 8.13. The van der Waals surface area contributed by atoms with Crippen LogP contribution in [0.25, 0.3) is 0 Å². The van der Waals surface area contributed by atoms with Gasteiger partial charge in [0.2, 0.25) is 0 Å². The highest BCUT2D eigenvalue weighted by Crippen LogP contribution is 2.46. The number of nitrogens with one attached hydrogen (secondary N) is 1. The third-order valence-corrected chi connectivity index (χ3v) is 5.46. The number of rotatable bonds is 8. The zero-order valence-corrected chi connectivity index (χ0v) is 12.1. The van der Waals surface area contributed by atoms with E-state index in [2.05, 4.69) is 5.09 Å². The fourth-order valence-electron chi connectivity index (χ4n) is 2.06. The molecule has 4 N–H and O–H groups in total. The highest BCUT2D eigenvalue weighted by molar-refractivity contribution is 7.56. The van der Waals surface area contributed by atoms with Crippen LogP contribution in [0.5, 0.6) is 0 Å². The number of carbonyl (C=O) groups is 2. The summed E-state index contributed by atoms with van der Waals surface area (Å²) in [7, 11) is -3.95. The fraction of sp³-hybridized carbons (Fsp3) is 0.818. The molecule has 1 rings (SSSR count). The van der Waals surface area contributed by atoms with E-state index in [1.807, 2.05) is 0 Å². The van der Waals surface area contributed by atoms with Gasteiger partial charge in [0.05, 0.1) is 11.8 Å². The van der Waals surface area contributed by atoms with E-state index < -0.39 is 37.6 Å². The molecular weight excluding hydrogens is 289 g/mol. The van der Waals surface area contributed by atoms with Crippen molar-refractivity contribution in [2.75, 3.05) is 6.61 Å². The molecule has 1 heterocycles. The van der Waals surface area contributed by atoms with Gasteiger partial charge in [-0.2, -0.15) is 0 Å². The van der Waals surface area contributed by atoms with E-state index in [0.717, 1.165) is 6.42 Å². The third-order valence-electron chi connectivity index (χ3n) is 3.34. The number of hydrogen-bond acceptors (Lipinski definition) is 4. The molecule has 20 heavy (non-hydrogen) atoms. The number of hydrogen-bond donors (Lipinski definition) is 4. The molecule has 1 aliphatic rings. The zero-order valence-electron chi connectivity index (χ0n) is 11.2. The van der Waals surface area contributed by atoms with E-state index in [1.165, 1.54) is 6.92 Å². The van der Waals surface area contributed by atoms with Crippen LogP contribution in [0.15, 0.2) is 0 Å². The first-order valence-electron chi connectivity index (χ1n) is 6.40. The van der Waals surface area contributed by atoms with Gasteiger partial charge < -0.3 is 19.8 Å². The van der Waals surface area contributed by atoms with Crippen molar-refractivity contribution < 1.29 is 34.0 Å². The molecule has 9 heteroatoms. The monoisotopic (exact) mass is 309 g/mol. The summed E-state index contributed by atoms with van der Waals surface area (Å²) in [5.74, 6) is -2.50. The van der Waals surface area contributed by atoms with Crippen molar-refractivity contribution in [1.29, 1.82) is 0 Å². The van der Waals surface area contributed by atoms with Gasteiger partial charge >= 0.3 is 11.9 Å². The second kappa shape index (κ2) is 7.17. The number of carboxylic acids is 2. The van der Waals surface area contributed by atoms with Gasteiger partial charge in [-0.1, -0.05) is 0 Å². The molecular formula is C11H20NO7P. The Morgan fingerprint density at radius 3 is 2.55 bits per heavy atom. The first kappa shape index (κ1) is 17.1. The van der Waals surface area contributed by atoms with Crippen LogP contribution in [-0.2, 0) is 18.9 Å². The number of aliphatic carboxylic acids is 2. The molecule has 0 amide bonds. The normalized spacial score (nSPS) is 24.8. The van der Waals surface area contributed by atoms with Gasteiger partial charge in [0.1, 0.15) is 6.04 Å². The van der Waals surface area contributed by atoms with Gasteiger partial charge in [-0.25, -0.2) is 5.09 Å². The summed E-state index contributed by atoms with van der Waals surface area (Å²) < 4.78 is 17.5.